The summed E-state index contributed by atoms with van der Waals surface area (Å²) in [5.74, 6) is 0.222. The zero-order valence-corrected chi connectivity index (χ0v) is 12.6. The van der Waals surface area contributed by atoms with Crippen LogP contribution in [0.4, 0.5) is 10.1 Å². The van der Waals surface area contributed by atoms with Gasteiger partial charge in [-0.15, -0.1) is 0 Å². The van der Waals surface area contributed by atoms with Crippen molar-refractivity contribution in [2.45, 2.75) is 13.8 Å². The third kappa shape index (κ3) is 4.10. The lowest BCUT2D eigenvalue weighted by Gasteiger charge is -2.18. The van der Waals surface area contributed by atoms with Crippen LogP contribution in [0.2, 0.25) is 0 Å². The van der Waals surface area contributed by atoms with E-state index in [-0.39, 0.29) is 5.82 Å². The Hall–Kier alpha value is -1.80. The van der Waals surface area contributed by atoms with E-state index in [0.717, 1.165) is 11.1 Å². The van der Waals surface area contributed by atoms with E-state index in [1.807, 2.05) is 32.0 Å². The fourth-order valence-corrected chi connectivity index (χ4v) is 3.14. The van der Waals surface area contributed by atoms with Crippen molar-refractivity contribution >= 4 is 13.2 Å². The van der Waals surface area contributed by atoms with Gasteiger partial charge in [0.25, 0.3) is 0 Å². The van der Waals surface area contributed by atoms with Crippen LogP contribution in [0.5, 0.6) is 5.75 Å². The summed E-state index contributed by atoms with van der Waals surface area (Å²) in [6, 6.07) is 11.3. The first-order valence-corrected chi connectivity index (χ1v) is 8.30. The zero-order chi connectivity index (χ0) is 14.8. The van der Waals surface area contributed by atoms with Gasteiger partial charge in [-0.05, 0) is 61.4 Å². The van der Waals surface area contributed by atoms with Crippen LogP contribution in [0.1, 0.15) is 11.1 Å². The molecule has 0 aliphatic rings. The van der Waals surface area contributed by atoms with Crippen LogP contribution in [0.3, 0.4) is 0 Å². The van der Waals surface area contributed by atoms with E-state index >= 15 is 0 Å². The molecule has 1 atom stereocenters. The monoisotopic (exact) mass is 293 g/mol. The molecule has 20 heavy (non-hydrogen) atoms. The molecule has 0 aromatic heterocycles. The maximum atomic E-state index is 12.8. The third-order valence-electron chi connectivity index (χ3n) is 2.65. The molecule has 0 bridgehead atoms. The van der Waals surface area contributed by atoms with Gasteiger partial charge in [-0.25, -0.2) is 4.39 Å². The predicted molar refractivity (Wildman–Crippen MR) is 80.1 cm³/mol. The molecule has 106 valence electrons. The highest BCUT2D eigenvalue weighted by molar-refractivity contribution is 7.60. The smallest absolute Gasteiger partial charge is 0.338 e. The van der Waals surface area contributed by atoms with E-state index < -0.39 is 7.52 Å². The Labute approximate surface area is 118 Å². The van der Waals surface area contributed by atoms with Crippen LogP contribution in [-0.2, 0) is 4.57 Å². The third-order valence-corrected chi connectivity index (χ3v) is 3.87. The molecule has 5 heteroatoms. The number of anilines is 1. The second-order valence-electron chi connectivity index (χ2n) is 4.88. The summed E-state index contributed by atoms with van der Waals surface area (Å²) >= 11 is 0. The second kappa shape index (κ2) is 5.68. The average molecular weight is 293 g/mol. The van der Waals surface area contributed by atoms with Crippen molar-refractivity contribution in [3.05, 3.63) is 59.4 Å². The van der Waals surface area contributed by atoms with Gasteiger partial charge in [0.15, 0.2) is 0 Å². The van der Waals surface area contributed by atoms with Gasteiger partial charge in [-0.2, -0.15) is 0 Å². The molecule has 0 radical (unpaired) electrons. The lowest BCUT2D eigenvalue weighted by molar-refractivity contribution is 0.493. The summed E-state index contributed by atoms with van der Waals surface area (Å²) in [7, 11) is -3.06. The fraction of sp³-hybridized carbons (Fsp3) is 0.200. The van der Waals surface area contributed by atoms with E-state index in [0.29, 0.717) is 11.4 Å². The SMILES string of the molecule is Cc1cc(C)cc(O[P@@](C)(=O)Nc2ccc(F)cc2)c1. The highest BCUT2D eigenvalue weighted by Gasteiger charge is 2.17. The number of aryl methyl sites for hydroxylation is 2. The van der Waals surface area contributed by atoms with Gasteiger partial charge in [-0.1, -0.05) is 6.07 Å². The highest BCUT2D eigenvalue weighted by Crippen LogP contribution is 2.43. The summed E-state index contributed by atoms with van der Waals surface area (Å²) in [6.45, 7) is 5.40. The molecular weight excluding hydrogens is 276 g/mol. The van der Waals surface area contributed by atoms with Crippen LogP contribution < -0.4 is 9.61 Å². The van der Waals surface area contributed by atoms with Crippen LogP contribution in [-0.4, -0.2) is 6.66 Å². The number of hydrogen-bond donors (Lipinski definition) is 1. The van der Waals surface area contributed by atoms with Gasteiger partial charge >= 0.3 is 7.52 Å². The minimum absolute atomic E-state index is 0.336. The number of nitrogens with one attached hydrogen (secondary N) is 1. The highest BCUT2D eigenvalue weighted by atomic mass is 31.2. The van der Waals surface area contributed by atoms with Gasteiger partial charge in [0.1, 0.15) is 11.6 Å². The van der Waals surface area contributed by atoms with Crippen LogP contribution >= 0.6 is 7.52 Å². The summed E-state index contributed by atoms with van der Waals surface area (Å²) in [5.41, 5.74) is 2.64. The minimum Gasteiger partial charge on any atom is -0.429 e. The predicted octanol–water partition coefficient (Wildman–Crippen LogP) is 4.76. The lowest BCUT2D eigenvalue weighted by Crippen LogP contribution is -2.02. The topological polar surface area (TPSA) is 38.3 Å². The Morgan fingerprint density at radius 2 is 1.60 bits per heavy atom. The van der Waals surface area contributed by atoms with Crippen molar-refractivity contribution in [1.82, 2.24) is 0 Å². The number of benzene rings is 2. The second-order valence-corrected chi connectivity index (χ2v) is 6.98. The van der Waals surface area contributed by atoms with Crippen LogP contribution in [0.15, 0.2) is 42.5 Å². The van der Waals surface area contributed by atoms with Crippen molar-refractivity contribution in [3.8, 4) is 5.75 Å². The molecule has 0 fully saturated rings. The largest absolute Gasteiger partial charge is 0.429 e. The molecule has 0 aliphatic carbocycles. The first kappa shape index (κ1) is 14.6. The van der Waals surface area contributed by atoms with Gasteiger partial charge in [-0.3, -0.25) is 4.57 Å². The molecule has 0 heterocycles. The Kier molecular flexibility index (Phi) is 4.15. The number of hydrogen-bond acceptors (Lipinski definition) is 2. The summed E-state index contributed by atoms with van der Waals surface area (Å²) in [6.07, 6.45) is 0. The number of halogens is 1. The van der Waals surface area contributed by atoms with E-state index in [4.69, 9.17) is 4.52 Å². The van der Waals surface area contributed by atoms with Gasteiger partial charge in [0.05, 0.1) is 0 Å². The quantitative estimate of drug-likeness (QED) is 0.826. The van der Waals surface area contributed by atoms with E-state index in [1.54, 1.807) is 0 Å². The standard InChI is InChI=1S/C15H17FNO2P/c1-11-8-12(2)10-15(9-11)19-20(3,18)17-14-6-4-13(16)5-7-14/h4-10H,1-3H3,(H,17,18)/t20-/m1/s1. The van der Waals surface area contributed by atoms with Crippen molar-refractivity contribution < 1.29 is 13.5 Å². The normalized spacial score (nSPS) is 13.6. The Morgan fingerprint density at radius 3 is 2.15 bits per heavy atom. The van der Waals surface area contributed by atoms with Crippen molar-refractivity contribution in [3.63, 3.8) is 0 Å². The van der Waals surface area contributed by atoms with Crippen LogP contribution in [0.25, 0.3) is 0 Å². The Balaban J connectivity index is 2.14. The molecule has 2 aromatic carbocycles. The summed E-state index contributed by atoms with van der Waals surface area (Å²) in [4.78, 5) is 0. The van der Waals surface area contributed by atoms with Crippen molar-refractivity contribution in [2.75, 3.05) is 11.8 Å². The van der Waals surface area contributed by atoms with Crippen molar-refractivity contribution in [2.24, 2.45) is 0 Å². The first-order valence-electron chi connectivity index (χ1n) is 6.23. The number of rotatable bonds is 4. The maximum Gasteiger partial charge on any atom is 0.338 e. The maximum absolute atomic E-state index is 12.8. The molecule has 1 N–H and O–H groups in total. The fourth-order valence-electron chi connectivity index (χ4n) is 1.97. The molecule has 0 saturated carbocycles. The van der Waals surface area contributed by atoms with Gasteiger partial charge < -0.3 is 9.61 Å². The van der Waals surface area contributed by atoms with Gasteiger partial charge in [0.2, 0.25) is 0 Å². The molecule has 0 spiro atoms. The van der Waals surface area contributed by atoms with E-state index in [1.165, 1.54) is 30.9 Å². The zero-order valence-electron chi connectivity index (χ0n) is 11.7. The summed E-state index contributed by atoms with van der Waals surface area (Å²) in [5, 5.41) is 2.80. The molecule has 2 aromatic rings. The lowest BCUT2D eigenvalue weighted by atomic mass is 10.1. The molecule has 0 unspecified atom stereocenters. The summed E-state index contributed by atoms with van der Waals surface area (Å²) < 4.78 is 30.8. The average Bonchev–Trinajstić information content (AvgIpc) is 2.29. The molecule has 3 nitrogen and oxygen atoms in total. The molecule has 2 rings (SSSR count). The molecule has 0 amide bonds. The first-order chi connectivity index (χ1) is 9.34. The molecular formula is C15H17FNO2P. The van der Waals surface area contributed by atoms with Crippen molar-refractivity contribution in [1.29, 1.82) is 0 Å². The Morgan fingerprint density at radius 1 is 1.05 bits per heavy atom. The van der Waals surface area contributed by atoms with Gasteiger partial charge in [0, 0.05) is 12.4 Å². The Bertz CT molecular complexity index is 635. The van der Waals surface area contributed by atoms with E-state index in [2.05, 4.69) is 5.09 Å². The molecule has 0 aliphatic heterocycles. The molecule has 0 saturated heterocycles. The van der Waals surface area contributed by atoms with Crippen LogP contribution in [0, 0.1) is 19.7 Å². The minimum atomic E-state index is -3.06. The van der Waals surface area contributed by atoms with E-state index in [9.17, 15) is 8.96 Å².